The molecule has 2 aromatic carbocycles. The predicted octanol–water partition coefficient (Wildman–Crippen LogP) is 3.03. The Kier molecular flexibility index (Phi) is 6.32. The van der Waals surface area contributed by atoms with Crippen molar-refractivity contribution in [2.24, 2.45) is 7.05 Å². The molecule has 2 aromatic heterocycles. The number of aliphatic hydroxyl groups is 1. The summed E-state index contributed by atoms with van der Waals surface area (Å²) in [6, 6.07) is 9.68. The fraction of sp³-hybridized carbons (Fsp3) is 0.250. The first kappa shape index (κ1) is 22.3. The summed E-state index contributed by atoms with van der Waals surface area (Å²) in [5.41, 5.74) is 2.68. The number of rotatable bonds is 8. The quantitative estimate of drug-likeness (QED) is 0.413. The number of ether oxygens (including phenoxy) is 1. The lowest BCUT2D eigenvalue weighted by Crippen LogP contribution is -2.23. The molecule has 0 spiro atoms. The first-order chi connectivity index (χ1) is 15.9. The number of ketones is 1. The number of nitrogens with zero attached hydrogens (tertiary/aromatic N) is 5. The molecule has 9 heteroatoms. The van der Waals surface area contributed by atoms with E-state index in [1.807, 2.05) is 37.3 Å². The summed E-state index contributed by atoms with van der Waals surface area (Å²) >= 11 is 0. The van der Waals surface area contributed by atoms with Crippen LogP contribution in [0.1, 0.15) is 16.1 Å². The van der Waals surface area contributed by atoms with Crippen molar-refractivity contribution in [2.45, 2.75) is 6.42 Å². The van der Waals surface area contributed by atoms with E-state index in [1.54, 1.807) is 10.7 Å². The van der Waals surface area contributed by atoms with E-state index < -0.39 is 5.82 Å². The molecule has 0 aliphatic heterocycles. The number of aliphatic hydroxyl groups excluding tert-OH is 1. The molecule has 0 fully saturated rings. The Bertz CT molecular complexity index is 1320. The van der Waals surface area contributed by atoms with E-state index in [2.05, 4.69) is 15.1 Å². The van der Waals surface area contributed by atoms with Gasteiger partial charge in [-0.3, -0.25) is 9.48 Å². The molecule has 0 unspecified atom stereocenters. The number of carbonyl (C=O) groups is 1. The van der Waals surface area contributed by atoms with Crippen LogP contribution in [0, 0.1) is 5.82 Å². The fourth-order valence-corrected chi connectivity index (χ4v) is 3.89. The van der Waals surface area contributed by atoms with Crippen LogP contribution in [0.15, 0.2) is 48.8 Å². The molecule has 0 aliphatic carbocycles. The second-order valence-electron chi connectivity index (χ2n) is 7.64. The second-order valence-corrected chi connectivity index (χ2v) is 7.64. The van der Waals surface area contributed by atoms with Crippen molar-refractivity contribution < 1.29 is 19.0 Å². The van der Waals surface area contributed by atoms with E-state index in [4.69, 9.17) is 4.74 Å². The number of aromatic nitrogens is 4. The Labute approximate surface area is 190 Å². The van der Waals surface area contributed by atoms with E-state index in [0.717, 1.165) is 22.2 Å². The minimum atomic E-state index is -0.533. The molecule has 2 heterocycles. The average molecular weight is 449 g/mol. The molecule has 4 rings (SSSR count). The zero-order valence-electron chi connectivity index (χ0n) is 18.6. The van der Waals surface area contributed by atoms with Gasteiger partial charge in [0.25, 0.3) is 0 Å². The predicted molar refractivity (Wildman–Crippen MR) is 123 cm³/mol. The first-order valence-electron chi connectivity index (χ1n) is 10.4. The molecule has 0 amide bonds. The van der Waals surface area contributed by atoms with Crippen LogP contribution in [0.2, 0.25) is 0 Å². The number of benzene rings is 2. The van der Waals surface area contributed by atoms with E-state index in [9.17, 15) is 14.3 Å². The number of methoxy groups -OCH3 is 1. The largest absolute Gasteiger partial charge is 0.496 e. The Morgan fingerprint density at radius 1 is 1.24 bits per heavy atom. The molecule has 0 aliphatic rings. The van der Waals surface area contributed by atoms with Crippen LogP contribution in [0.4, 0.5) is 10.1 Å². The maximum Gasteiger partial charge on any atom is 0.185 e. The third-order valence-corrected chi connectivity index (χ3v) is 5.39. The molecule has 33 heavy (non-hydrogen) atoms. The van der Waals surface area contributed by atoms with Gasteiger partial charge in [-0.1, -0.05) is 12.1 Å². The minimum absolute atomic E-state index is 0.0275. The number of Topliss-reactive ketones (excluding diaryl/α,β-unsaturated/α-hetero) is 1. The number of fused-ring (bicyclic) bond motifs is 1. The molecule has 0 saturated carbocycles. The standard InChI is InChI=1S/C24H24FN5O3/c1-29(11-12-31)23-15(7-8-18-16(23)14-30(2)28-18)13-20(32)19-9-10-26-24(27-19)22-17(25)5-4-6-21(22)33-3/h4-10,14,31H,11-13H2,1-3H3. The highest BCUT2D eigenvalue weighted by molar-refractivity contribution is 6.00. The smallest absolute Gasteiger partial charge is 0.185 e. The molecule has 0 bridgehead atoms. The summed E-state index contributed by atoms with van der Waals surface area (Å²) in [7, 11) is 5.13. The van der Waals surface area contributed by atoms with Crippen molar-refractivity contribution in [3.63, 3.8) is 0 Å². The third kappa shape index (κ3) is 4.40. The summed E-state index contributed by atoms with van der Waals surface area (Å²) in [4.78, 5) is 23.6. The van der Waals surface area contributed by atoms with Gasteiger partial charge >= 0.3 is 0 Å². The molecule has 170 valence electrons. The van der Waals surface area contributed by atoms with Crippen molar-refractivity contribution >= 4 is 22.4 Å². The van der Waals surface area contributed by atoms with Crippen LogP contribution in [0.3, 0.4) is 0 Å². The van der Waals surface area contributed by atoms with E-state index in [1.165, 1.54) is 31.5 Å². The number of aryl methyl sites for hydroxylation is 1. The lowest BCUT2D eigenvalue weighted by molar-refractivity contribution is 0.0988. The van der Waals surface area contributed by atoms with Crippen LogP contribution in [-0.2, 0) is 13.5 Å². The number of halogens is 1. The summed E-state index contributed by atoms with van der Waals surface area (Å²) in [5, 5.41) is 14.8. The Morgan fingerprint density at radius 3 is 2.82 bits per heavy atom. The molecule has 4 aromatic rings. The Morgan fingerprint density at radius 2 is 2.06 bits per heavy atom. The van der Waals surface area contributed by atoms with Crippen LogP contribution >= 0.6 is 0 Å². The van der Waals surface area contributed by atoms with Gasteiger partial charge < -0.3 is 14.7 Å². The maximum atomic E-state index is 14.5. The summed E-state index contributed by atoms with van der Waals surface area (Å²) in [6.07, 6.45) is 3.39. The number of hydrogen-bond acceptors (Lipinski definition) is 7. The number of hydrogen-bond donors (Lipinski definition) is 1. The average Bonchev–Trinajstić information content (AvgIpc) is 3.18. The van der Waals surface area contributed by atoms with Crippen molar-refractivity contribution in [1.82, 2.24) is 19.7 Å². The Balaban J connectivity index is 1.71. The van der Waals surface area contributed by atoms with Crippen LogP contribution in [-0.4, -0.2) is 57.9 Å². The van der Waals surface area contributed by atoms with Gasteiger partial charge in [0.15, 0.2) is 11.6 Å². The van der Waals surface area contributed by atoms with E-state index in [-0.39, 0.29) is 41.6 Å². The summed E-state index contributed by atoms with van der Waals surface area (Å²) in [6.45, 7) is 0.375. The molecule has 0 radical (unpaired) electrons. The lowest BCUT2D eigenvalue weighted by Gasteiger charge is -2.22. The van der Waals surface area contributed by atoms with E-state index in [0.29, 0.717) is 6.54 Å². The molecular weight excluding hydrogens is 425 g/mol. The van der Waals surface area contributed by atoms with Gasteiger partial charge in [-0.2, -0.15) is 5.10 Å². The number of anilines is 1. The van der Waals surface area contributed by atoms with Crippen LogP contribution in [0.5, 0.6) is 5.75 Å². The van der Waals surface area contributed by atoms with Gasteiger partial charge in [0, 0.05) is 44.8 Å². The second kappa shape index (κ2) is 9.33. The summed E-state index contributed by atoms with van der Waals surface area (Å²) in [5.74, 6) is -0.407. The van der Waals surface area contributed by atoms with Crippen molar-refractivity contribution in [2.75, 3.05) is 32.2 Å². The first-order valence-corrected chi connectivity index (χ1v) is 10.4. The molecule has 0 atom stereocenters. The van der Waals surface area contributed by atoms with Crippen molar-refractivity contribution in [3.8, 4) is 17.1 Å². The zero-order valence-corrected chi connectivity index (χ0v) is 18.6. The zero-order chi connectivity index (χ0) is 23.5. The maximum absolute atomic E-state index is 14.5. The van der Waals surface area contributed by atoms with Gasteiger partial charge in [-0.25, -0.2) is 14.4 Å². The molecular formula is C24H24FN5O3. The third-order valence-electron chi connectivity index (χ3n) is 5.39. The minimum Gasteiger partial charge on any atom is -0.496 e. The van der Waals surface area contributed by atoms with Gasteiger partial charge in [0.1, 0.15) is 17.3 Å². The van der Waals surface area contributed by atoms with Gasteiger partial charge in [0.2, 0.25) is 0 Å². The van der Waals surface area contributed by atoms with E-state index >= 15 is 0 Å². The topological polar surface area (TPSA) is 93.4 Å². The van der Waals surface area contributed by atoms with Crippen LogP contribution < -0.4 is 9.64 Å². The Hall–Kier alpha value is -3.85. The molecule has 8 nitrogen and oxygen atoms in total. The monoisotopic (exact) mass is 449 g/mol. The highest BCUT2D eigenvalue weighted by atomic mass is 19.1. The highest BCUT2D eigenvalue weighted by Gasteiger charge is 2.20. The fourth-order valence-electron chi connectivity index (χ4n) is 3.89. The summed E-state index contributed by atoms with van der Waals surface area (Å²) < 4.78 is 21.4. The van der Waals surface area contributed by atoms with Gasteiger partial charge in [0.05, 0.1) is 30.5 Å². The lowest BCUT2D eigenvalue weighted by atomic mass is 10.0. The van der Waals surface area contributed by atoms with Gasteiger partial charge in [-0.05, 0) is 29.8 Å². The van der Waals surface area contributed by atoms with Gasteiger partial charge in [-0.15, -0.1) is 0 Å². The molecule has 0 saturated heterocycles. The van der Waals surface area contributed by atoms with Crippen molar-refractivity contribution in [3.05, 3.63) is 65.9 Å². The van der Waals surface area contributed by atoms with Crippen LogP contribution in [0.25, 0.3) is 22.3 Å². The molecule has 1 N–H and O–H groups in total. The number of likely N-dealkylation sites (N-methyl/N-ethyl adjacent to an activating group) is 1. The number of carbonyl (C=O) groups excluding carboxylic acids is 1. The van der Waals surface area contributed by atoms with Crippen molar-refractivity contribution in [1.29, 1.82) is 0 Å². The normalized spacial score (nSPS) is 11.1. The SMILES string of the molecule is COc1cccc(F)c1-c1nccc(C(=O)Cc2ccc3nn(C)cc3c2N(C)CCO)n1. The highest BCUT2D eigenvalue weighted by Crippen LogP contribution is 2.32.